The van der Waals surface area contributed by atoms with Crippen LogP contribution in [0.1, 0.15) is 18.4 Å². The fourth-order valence-electron chi connectivity index (χ4n) is 1.70. The Balaban J connectivity index is 2.78. The number of methoxy groups -OCH3 is 1. The molecule has 1 unspecified atom stereocenters. The van der Waals surface area contributed by atoms with Gasteiger partial charge in [-0.2, -0.15) is 8.42 Å². The highest BCUT2D eigenvalue weighted by molar-refractivity contribution is 7.80. The molecule has 0 saturated heterocycles. The minimum Gasteiger partial charge on any atom is -0.497 e. The van der Waals surface area contributed by atoms with Gasteiger partial charge in [-0.15, -0.1) is 0 Å². The molecule has 0 spiro atoms. The number of aliphatic carboxylic acids is 1. The van der Waals surface area contributed by atoms with E-state index in [1.54, 1.807) is 24.3 Å². The zero-order chi connectivity index (χ0) is 15.2. The van der Waals surface area contributed by atoms with Gasteiger partial charge in [-0.3, -0.25) is 9.35 Å². The molecule has 1 atom stereocenters. The Kier molecular flexibility index (Phi) is 5.93. The van der Waals surface area contributed by atoms with Crippen molar-refractivity contribution in [3.05, 3.63) is 29.8 Å². The van der Waals surface area contributed by atoms with Crippen LogP contribution >= 0.6 is 0 Å². The second-order valence-corrected chi connectivity index (χ2v) is 5.18. The molecule has 0 amide bonds. The van der Waals surface area contributed by atoms with Gasteiger partial charge >= 0.3 is 16.4 Å². The van der Waals surface area contributed by atoms with Crippen LogP contribution < -0.4 is 4.74 Å². The minimum atomic E-state index is -4.63. The van der Waals surface area contributed by atoms with Crippen molar-refractivity contribution in [3.63, 3.8) is 0 Å². The summed E-state index contributed by atoms with van der Waals surface area (Å²) in [4.78, 5) is 10.5. The lowest BCUT2D eigenvalue weighted by Crippen LogP contribution is -2.21. The molecule has 1 aromatic carbocycles. The molecule has 0 heterocycles. The molecule has 0 radical (unpaired) electrons. The van der Waals surface area contributed by atoms with Crippen molar-refractivity contribution in [1.82, 2.24) is 0 Å². The average Bonchev–Trinajstić information content (AvgIpc) is 2.34. The summed E-state index contributed by atoms with van der Waals surface area (Å²) in [5.74, 6) is -0.481. The Hall–Kier alpha value is -1.64. The van der Waals surface area contributed by atoms with E-state index >= 15 is 0 Å². The van der Waals surface area contributed by atoms with Gasteiger partial charge in [0.15, 0.2) is 0 Å². The second kappa shape index (κ2) is 7.22. The van der Waals surface area contributed by atoms with Crippen molar-refractivity contribution in [2.75, 3.05) is 7.11 Å². The quantitative estimate of drug-likeness (QED) is 0.696. The maximum atomic E-state index is 10.8. The molecule has 0 aromatic heterocycles. The topological polar surface area (TPSA) is 110 Å². The third-order valence-electron chi connectivity index (χ3n) is 2.54. The van der Waals surface area contributed by atoms with Crippen LogP contribution in [0.2, 0.25) is 0 Å². The van der Waals surface area contributed by atoms with E-state index in [0.29, 0.717) is 11.3 Å². The lowest BCUT2D eigenvalue weighted by molar-refractivity contribution is -0.137. The SMILES string of the molecule is COc1cccc(CC(CCC(=O)O)OS(=O)(=O)O)c1. The summed E-state index contributed by atoms with van der Waals surface area (Å²) in [7, 11) is -3.14. The van der Waals surface area contributed by atoms with E-state index in [-0.39, 0.29) is 19.3 Å². The average molecular weight is 304 g/mol. The lowest BCUT2D eigenvalue weighted by atomic mass is 10.0. The third-order valence-corrected chi connectivity index (χ3v) is 3.05. The van der Waals surface area contributed by atoms with Gasteiger partial charge in [0, 0.05) is 12.8 Å². The van der Waals surface area contributed by atoms with Crippen LogP contribution in [0.15, 0.2) is 24.3 Å². The van der Waals surface area contributed by atoms with Crippen LogP contribution in [0, 0.1) is 0 Å². The van der Waals surface area contributed by atoms with Crippen LogP contribution in [0.3, 0.4) is 0 Å². The van der Waals surface area contributed by atoms with Crippen molar-refractivity contribution < 1.29 is 31.8 Å². The van der Waals surface area contributed by atoms with E-state index in [1.807, 2.05) is 0 Å². The van der Waals surface area contributed by atoms with Crippen molar-refractivity contribution in [1.29, 1.82) is 0 Å². The number of hydrogen-bond acceptors (Lipinski definition) is 5. The molecule has 2 N–H and O–H groups in total. The molecular weight excluding hydrogens is 288 g/mol. The Morgan fingerprint density at radius 1 is 1.40 bits per heavy atom. The Bertz CT molecular complexity index is 553. The standard InChI is InChI=1S/C12H16O7S/c1-18-10-4-2-3-9(7-10)8-11(5-6-12(13)14)19-20(15,16)17/h2-4,7,11H,5-6,8H2,1H3,(H,13,14)(H,15,16,17). The number of benzene rings is 1. The molecule has 0 bridgehead atoms. The number of ether oxygens (including phenoxy) is 1. The Morgan fingerprint density at radius 2 is 2.10 bits per heavy atom. The molecule has 20 heavy (non-hydrogen) atoms. The first-order valence-corrected chi connectivity index (χ1v) is 7.17. The van der Waals surface area contributed by atoms with E-state index in [2.05, 4.69) is 4.18 Å². The van der Waals surface area contributed by atoms with Gasteiger partial charge in [-0.05, 0) is 24.1 Å². The smallest absolute Gasteiger partial charge is 0.397 e. The molecule has 0 fully saturated rings. The number of rotatable bonds is 8. The summed E-state index contributed by atoms with van der Waals surface area (Å²) < 4.78 is 39.8. The molecular formula is C12H16O7S. The molecule has 0 aliphatic rings. The second-order valence-electron chi connectivity index (χ2n) is 4.13. The molecule has 1 aromatic rings. The molecule has 1 rings (SSSR count). The molecule has 8 heteroatoms. The predicted molar refractivity (Wildman–Crippen MR) is 70.0 cm³/mol. The number of carboxylic acid groups (broad SMARTS) is 1. The first kappa shape index (κ1) is 16.4. The fourth-order valence-corrected chi connectivity index (χ4v) is 2.21. The lowest BCUT2D eigenvalue weighted by Gasteiger charge is -2.15. The zero-order valence-corrected chi connectivity index (χ0v) is 11.7. The fraction of sp³-hybridized carbons (Fsp3) is 0.417. The normalized spacial score (nSPS) is 12.9. The number of carbonyl (C=O) groups is 1. The summed E-state index contributed by atoms with van der Waals surface area (Å²) >= 11 is 0. The van der Waals surface area contributed by atoms with E-state index in [1.165, 1.54) is 7.11 Å². The predicted octanol–water partition coefficient (Wildman–Crippen LogP) is 1.29. The maximum absolute atomic E-state index is 10.8. The van der Waals surface area contributed by atoms with Crippen LogP contribution in [0.5, 0.6) is 5.75 Å². The van der Waals surface area contributed by atoms with Gasteiger partial charge in [0.1, 0.15) is 5.75 Å². The first-order chi connectivity index (χ1) is 9.30. The Morgan fingerprint density at radius 3 is 2.65 bits per heavy atom. The van der Waals surface area contributed by atoms with Gasteiger partial charge in [0.25, 0.3) is 0 Å². The highest BCUT2D eigenvalue weighted by Crippen LogP contribution is 2.17. The van der Waals surface area contributed by atoms with Crippen molar-refractivity contribution >= 4 is 16.4 Å². The van der Waals surface area contributed by atoms with Gasteiger partial charge in [-0.1, -0.05) is 12.1 Å². The maximum Gasteiger partial charge on any atom is 0.397 e. The van der Waals surface area contributed by atoms with E-state index < -0.39 is 22.5 Å². The molecule has 112 valence electrons. The summed E-state index contributed by atoms with van der Waals surface area (Å²) in [6.45, 7) is 0. The van der Waals surface area contributed by atoms with Gasteiger partial charge in [0.05, 0.1) is 13.2 Å². The molecule has 0 saturated carbocycles. The van der Waals surface area contributed by atoms with Gasteiger partial charge in [0.2, 0.25) is 0 Å². The summed E-state index contributed by atoms with van der Waals surface area (Å²) in [5.41, 5.74) is 0.711. The van der Waals surface area contributed by atoms with Gasteiger partial charge in [-0.25, -0.2) is 4.18 Å². The van der Waals surface area contributed by atoms with Crippen LogP contribution in [-0.2, 0) is 25.8 Å². The summed E-state index contributed by atoms with van der Waals surface area (Å²) in [5, 5.41) is 8.62. The summed E-state index contributed by atoms with van der Waals surface area (Å²) in [6.07, 6.45) is -1.10. The van der Waals surface area contributed by atoms with Crippen molar-refractivity contribution in [3.8, 4) is 5.75 Å². The summed E-state index contributed by atoms with van der Waals surface area (Å²) in [6, 6.07) is 6.85. The molecule has 7 nitrogen and oxygen atoms in total. The minimum absolute atomic E-state index is 0.0354. The number of carboxylic acids is 1. The van der Waals surface area contributed by atoms with Crippen LogP contribution in [0.25, 0.3) is 0 Å². The van der Waals surface area contributed by atoms with Crippen molar-refractivity contribution in [2.24, 2.45) is 0 Å². The van der Waals surface area contributed by atoms with E-state index in [4.69, 9.17) is 14.4 Å². The Labute approximate surface area is 117 Å². The van der Waals surface area contributed by atoms with Crippen LogP contribution in [-0.4, -0.2) is 37.3 Å². The molecule has 0 aliphatic carbocycles. The van der Waals surface area contributed by atoms with Gasteiger partial charge < -0.3 is 9.84 Å². The molecule has 0 aliphatic heterocycles. The highest BCUT2D eigenvalue weighted by Gasteiger charge is 2.19. The monoisotopic (exact) mass is 304 g/mol. The largest absolute Gasteiger partial charge is 0.497 e. The zero-order valence-electron chi connectivity index (χ0n) is 10.9. The van der Waals surface area contributed by atoms with E-state index in [0.717, 1.165) is 0 Å². The third kappa shape index (κ3) is 6.50. The number of hydrogen-bond donors (Lipinski definition) is 2. The highest BCUT2D eigenvalue weighted by atomic mass is 32.3. The van der Waals surface area contributed by atoms with Crippen LogP contribution in [0.4, 0.5) is 0 Å². The van der Waals surface area contributed by atoms with Crippen molar-refractivity contribution in [2.45, 2.75) is 25.4 Å². The first-order valence-electron chi connectivity index (χ1n) is 5.80. The van der Waals surface area contributed by atoms with E-state index in [9.17, 15) is 13.2 Å².